The molecule has 0 fully saturated rings. The Morgan fingerprint density at radius 2 is 2.15 bits per heavy atom. The standard InChI is InChI=1S/C8H9N5/c1-13-5-11-3-7(13)8-6(9)2-10-4-12-8/h2-5H,9H2,1H3. The normalized spacial score (nSPS) is 10.2. The minimum absolute atomic E-state index is 0.561. The van der Waals surface area contributed by atoms with Gasteiger partial charge in [-0.25, -0.2) is 15.0 Å². The number of anilines is 1. The van der Waals surface area contributed by atoms with Gasteiger partial charge in [-0.15, -0.1) is 0 Å². The number of aryl methyl sites for hydroxylation is 1. The molecule has 0 amide bonds. The zero-order valence-corrected chi connectivity index (χ0v) is 7.18. The smallest absolute Gasteiger partial charge is 0.116 e. The predicted molar refractivity (Wildman–Crippen MR) is 48.6 cm³/mol. The first-order valence-corrected chi connectivity index (χ1v) is 3.81. The molecule has 0 bridgehead atoms. The molecule has 0 aliphatic rings. The van der Waals surface area contributed by atoms with Crippen LogP contribution in [0.3, 0.4) is 0 Å². The molecule has 5 nitrogen and oxygen atoms in total. The average molecular weight is 175 g/mol. The molecule has 2 heterocycles. The summed E-state index contributed by atoms with van der Waals surface area (Å²) in [5, 5.41) is 0. The van der Waals surface area contributed by atoms with Crippen LogP contribution in [0.25, 0.3) is 11.4 Å². The highest BCUT2D eigenvalue weighted by atomic mass is 15.0. The van der Waals surface area contributed by atoms with Crippen molar-refractivity contribution in [1.82, 2.24) is 19.5 Å². The van der Waals surface area contributed by atoms with Crippen molar-refractivity contribution in [3.05, 3.63) is 25.0 Å². The summed E-state index contributed by atoms with van der Waals surface area (Å²) in [4.78, 5) is 11.9. The maximum atomic E-state index is 5.71. The lowest BCUT2D eigenvalue weighted by atomic mass is 10.3. The summed E-state index contributed by atoms with van der Waals surface area (Å²) in [6.45, 7) is 0. The third-order valence-electron chi connectivity index (χ3n) is 1.80. The maximum absolute atomic E-state index is 5.71. The summed E-state index contributed by atoms with van der Waals surface area (Å²) in [5.41, 5.74) is 7.88. The number of nitrogen functional groups attached to an aromatic ring is 1. The number of nitrogens with two attached hydrogens (primary N) is 1. The van der Waals surface area contributed by atoms with Crippen molar-refractivity contribution in [2.24, 2.45) is 7.05 Å². The first-order chi connectivity index (χ1) is 6.29. The molecule has 13 heavy (non-hydrogen) atoms. The molecular weight excluding hydrogens is 166 g/mol. The number of imidazole rings is 1. The summed E-state index contributed by atoms with van der Waals surface area (Å²) in [6.07, 6.45) is 6.48. The number of aromatic nitrogens is 4. The van der Waals surface area contributed by atoms with E-state index in [0.29, 0.717) is 5.69 Å². The summed E-state index contributed by atoms with van der Waals surface area (Å²) < 4.78 is 1.86. The average Bonchev–Trinajstić information content (AvgIpc) is 2.52. The molecule has 0 spiro atoms. The van der Waals surface area contributed by atoms with Gasteiger partial charge in [0.15, 0.2) is 0 Å². The van der Waals surface area contributed by atoms with Crippen molar-refractivity contribution in [3.63, 3.8) is 0 Å². The fourth-order valence-electron chi connectivity index (χ4n) is 1.14. The molecule has 2 aromatic rings. The van der Waals surface area contributed by atoms with E-state index in [1.165, 1.54) is 6.33 Å². The van der Waals surface area contributed by atoms with Crippen molar-refractivity contribution >= 4 is 5.69 Å². The van der Waals surface area contributed by atoms with Gasteiger partial charge in [0.05, 0.1) is 30.1 Å². The van der Waals surface area contributed by atoms with Crippen LogP contribution in [0.15, 0.2) is 25.0 Å². The van der Waals surface area contributed by atoms with E-state index in [1.54, 1.807) is 18.7 Å². The Morgan fingerprint density at radius 3 is 2.77 bits per heavy atom. The molecule has 2 N–H and O–H groups in total. The van der Waals surface area contributed by atoms with E-state index >= 15 is 0 Å². The first kappa shape index (κ1) is 7.72. The van der Waals surface area contributed by atoms with E-state index in [-0.39, 0.29) is 0 Å². The quantitative estimate of drug-likeness (QED) is 0.683. The van der Waals surface area contributed by atoms with Crippen LogP contribution in [0.4, 0.5) is 5.69 Å². The van der Waals surface area contributed by atoms with Crippen LogP contribution < -0.4 is 5.73 Å². The van der Waals surface area contributed by atoms with E-state index in [2.05, 4.69) is 15.0 Å². The Morgan fingerprint density at radius 1 is 1.31 bits per heavy atom. The Hall–Kier alpha value is -1.91. The maximum Gasteiger partial charge on any atom is 0.116 e. The number of rotatable bonds is 1. The van der Waals surface area contributed by atoms with Gasteiger partial charge in [0.2, 0.25) is 0 Å². The molecule has 2 aromatic heterocycles. The second-order valence-electron chi connectivity index (χ2n) is 2.72. The second-order valence-corrected chi connectivity index (χ2v) is 2.72. The third kappa shape index (κ3) is 1.24. The van der Waals surface area contributed by atoms with Crippen molar-refractivity contribution in [3.8, 4) is 11.4 Å². The molecule has 0 aliphatic heterocycles. The number of hydrogen-bond acceptors (Lipinski definition) is 4. The van der Waals surface area contributed by atoms with Gasteiger partial charge >= 0.3 is 0 Å². The molecule has 66 valence electrons. The molecule has 0 unspecified atom stereocenters. The lowest BCUT2D eigenvalue weighted by molar-refractivity contribution is 0.915. The first-order valence-electron chi connectivity index (χ1n) is 3.81. The monoisotopic (exact) mass is 175 g/mol. The zero-order valence-electron chi connectivity index (χ0n) is 7.18. The zero-order chi connectivity index (χ0) is 9.26. The minimum atomic E-state index is 0.561. The highest BCUT2D eigenvalue weighted by Gasteiger charge is 2.06. The fraction of sp³-hybridized carbons (Fsp3) is 0.125. The van der Waals surface area contributed by atoms with Crippen LogP contribution in [0.2, 0.25) is 0 Å². The van der Waals surface area contributed by atoms with Crippen molar-refractivity contribution in [2.45, 2.75) is 0 Å². The summed E-state index contributed by atoms with van der Waals surface area (Å²) >= 11 is 0. The van der Waals surface area contributed by atoms with Crippen molar-refractivity contribution in [1.29, 1.82) is 0 Å². The second kappa shape index (κ2) is 2.85. The van der Waals surface area contributed by atoms with E-state index in [9.17, 15) is 0 Å². The van der Waals surface area contributed by atoms with Gasteiger partial charge in [-0.1, -0.05) is 0 Å². The Balaban J connectivity index is 2.59. The number of nitrogens with zero attached hydrogens (tertiary/aromatic N) is 4. The third-order valence-corrected chi connectivity index (χ3v) is 1.80. The Bertz CT molecular complexity index is 420. The van der Waals surface area contributed by atoms with Gasteiger partial charge in [0.1, 0.15) is 12.0 Å². The lowest BCUT2D eigenvalue weighted by Crippen LogP contribution is -1.97. The topological polar surface area (TPSA) is 69.6 Å². The Kier molecular flexibility index (Phi) is 1.70. The van der Waals surface area contributed by atoms with Crippen LogP contribution >= 0.6 is 0 Å². The molecule has 0 aliphatic carbocycles. The molecule has 0 saturated heterocycles. The van der Waals surface area contributed by atoms with Crippen LogP contribution in [-0.2, 0) is 7.05 Å². The highest BCUT2D eigenvalue weighted by Crippen LogP contribution is 2.20. The van der Waals surface area contributed by atoms with Gasteiger partial charge in [-0.2, -0.15) is 0 Å². The summed E-state index contributed by atoms with van der Waals surface area (Å²) in [6, 6.07) is 0. The van der Waals surface area contributed by atoms with Gasteiger partial charge in [0, 0.05) is 7.05 Å². The summed E-state index contributed by atoms with van der Waals surface area (Å²) in [5.74, 6) is 0. The van der Waals surface area contributed by atoms with Gasteiger partial charge in [-0.3, -0.25) is 0 Å². The van der Waals surface area contributed by atoms with Crippen LogP contribution in [0.5, 0.6) is 0 Å². The van der Waals surface area contributed by atoms with Gasteiger partial charge in [0.25, 0.3) is 0 Å². The lowest BCUT2D eigenvalue weighted by Gasteiger charge is -2.02. The largest absolute Gasteiger partial charge is 0.396 e. The SMILES string of the molecule is Cn1cncc1-c1ncncc1N. The Labute approximate surface area is 75.3 Å². The van der Waals surface area contributed by atoms with Crippen LogP contribution in [0, 0.1) is 0 Å². The fourth-order valence-corrected chi connectivity index (χ4v) is 1.14. The van der Waals surface area contributed by atoms with Gasteiger partial charge in [-0.05, 0) is 0 Å². The van der Waals surface area contributed by atoms with Crippen molar-refractivity contribution < 1.29 is 0 Å². The highest BCUT2D eigenvalue weighted by molar-refractivity contribution is 5.68. The van der Waals surface area contributed by atoms with Crippen molar-refractivity contribution in [2.75, 3.05) is 5.73 Å². The minimum Gasteiger partial charge on any atom is -0.396 e. The van der Waals surface area contributed by atoms with Crippen LogP contribution in [-0.4, -0.2) is 19.5 Å². The molecule has 5 heteroatoms. The molecule has 0 aromatic carbocycles. The molecule has 0 saturated carbocycles. The molecule has 0 atom stereocenters. The molecular formula is C8H9N5. The van der Waals surface area contributed by atoms with Gasteiger partial charge < -0.3 is 10.3 Å². The van der Waals surface area contributed by atoms with Crippen LogP contribution in [0.1, 0.15) is 0 Å². The molecule has 0 radical (unpaired) electrons. The number of hydrogen-bond donors (Lipinski definition) is 1. The van der Waals surface area contributed by atoms with E-state index < -0.39 is 0 Å². The predicted octanol–water partition coefficient (Wildman–Crippen LogP) is 0.459. The van der Waals surface area contributed by atoms with E-state index in [1.807, 2.05) is 11.6 Å². The van der Waals surface area contributed by atoms with E-state index in [4.69, 9.17) is 5.73 Å². The van der Waals surface area contributed by atoms with E-state index in [0.717, 1.165) is 11.4 Å². The summed E-state index contributed by atoms with van der Waals surface area (Å²) in [7, 11) is 1.89. The molecule has 2 rings (SSSR count).